The predicted octanol–water partition coefficient (Wildman–Crippen LogP) is 5.22. The molecular formula is C25H34Br2N2O2. The number of benzene rings is 2. The summed E-state index contributed by atoms with van der Waals surface area (Å²) < 4.78 is 6.40. The second-order valence-electron chi connectivity index (χ2n) is 8.35. The molecule has 4 rings (SSSR count). The minimum atomic E-state index is -0.109. The van der Waals surface area contributed by atoms with E-state index in [1.807, 2.05) is 19.1 Å². The summed E-state index contributed by atoms with van der Waals surface area (Å²) in [5.41, 5.74) is 10.3. The molecule has 3 N–H and O–H groups in total. The minimum Gasteiger partial charge on any atom is -0.507 e. The van der Waals surface area contributed by atoms with Crippen LogP contribution in [-0.2, 0) is 11.2 Å². The zero-order valence-electron chi connectivity index (χ0n) is 18.1. The van der Waals surface area contributed by atoms with Crippen LogP contribution in [0.1, 0.15) is 41.2 Å². The van der Waals surface area contributed by atoms with Crippen LogP contribution < -0.4 is 5.73 Å². The van der Waals surface area contributed by atoms with E-state index in [1.54, 1.807) is 0 Å². The van der Waals surface area contributed by atoms with Gasteiger partial charge in [-0.2, -0.15) is 0 Å². The Balaban J connectivity index is 0.00000171. The average Bonchev–Trinajstić information content (AvgIpc) is 2.77. The Bertz CT molecular complexity index is 852. The summed E-state index contributed by atoms with van der Waals surface area (Å²) in [4.78, 5) is 2.51. The first-order valence-corrected chi connectivity index (χ1v) is 10.8. The van der Waals surface area contributed by atoms with Gasteiger partial charge in [0.05, 0.1) is 12.2 Å². The van der Waals surface area contributed by atoms with Crippen LogP contribution in [0.2, 0.25) is 0 Å². The normalized spacial score (nSPS) is 21.9. The maximum absolute atomic E-state index is 10.6. The summed E-state index contributed by atoms with van der Waals surface area (Å²) in [5, 5.41) is 10.6. The number of hydrogen-bond acceptors (Lipinski definition) is 4. The topological polar surface area (TPSA) is 58.7 Å². The van der Waals surface area contributed by atoms with Gasteiger partial charge >= 0.3 is 0 Å². The van der Waals surface area contributed by atoms with Crippen LogP contribution in [-0.4, -0.2) is 42.3 Å². The number of aryl methyl sites for hydroxylation is 1. The van der Waals surface area contributed by atoms with Gasteiger partial charge in [-0.05, 0) is 55.5 Å². The van der Waals surface area contributed by atoms with Gasteiger partial charge in [-0.1, -0.05) is 54.6 Å². The van der Waals surface area contributed by atoms with Crippen LogP contribution >= 0.6 is 34.0 Å². The molecule has 0 amide bonds. The molecule has 1 saturated heterocycles. The van der Waals surface area contributed by atoms with E-state index < -0.39 is 0 Å². The molecule has 0 saturated carbocycles. The van der Waals surface area contributed by atoms with E-state index in [0.29, 0.717) is 18.2 Å². The Hall–Kier alpha value is -1.18. The van der Waals surface area contributed by atoms with Crippen molar-refractivity contribution in [2.24, 2.45) is 11.7 Å². The van der Waals surface area contributed by atoms with E-state index in [-0.39, 0.29) is 46.2 Å². The third-order valence-electron chi connectivity index (χ3n) is 6.46. The Kier molecular flexibility index (Phi) is 10.2. The SMILES string of the molecule is Br.Br.Cc1ccc2c(c1O)C[C@@H](C1CCN(C/C=C/c3ccccc3)CC1)O[C@H]2CN. The van der Waals surface area contributed by atoms with Crippen molar-refractivity contribution in [3.63, 3.8) is 0 Å². The number of nitrogens with two attached hydrogens (primary N) is 1. The summed E-state index contributed by atoms with van der Waals surface area (Å²) in [6.45, 7) is 5.57. The third kappa shape index (κ3) is 6.20. The quantitative estimate of drug-likeness (QED) is 0.532. The first-order chi connectivity index (χ1) is 14.2. The molecule has 2 aromatic rings. The lowest BCUT2D eigenvalue weighted by Crippen LogP contribution is -2.42. The monoisotopic (exact) mass is 552 g/mol. The maximum atomic E-state index is 10.6. The van der Waals surface area contributed by atoms with Gasteiger partial charge in [0.25, 0.3) is 0 Å². The number of nitrogens with zero attached hydrogens (tertiary/aromatic N) is 1. The number of ether oxygens (including phenoxy) is 1. The second-order valence-corrected chi connectivity index (χ2v) is 8.35. The molecule has 0 radical (unpaired) electrons. The number of rotatable bonds is 5. The summed E-state index contributed by atoms with van der Waals surface area (Å²) in [7, 11) is 0. The molecule has 2 aliphatic rings. The summed E-state index contributed by atoms with van der Waals surface area (Å²) in [5.74, 6) is 0.948. The number of halogens is 2. The van der Waals surface area contributed by atoms with Crippen molar-refractivity contribution in [3.8, 4) is 5.75 Å². The minimum absolute atomic E-state index is 0. The van der Waals surface area contributed by atoms with E-state index in [1.165, 1.54) is 5.56 Å². The fourth-order valence-corrected chi connectivity index (χ4v) is 4.69. The molecule has 170 valence electrons. The lowest BCUT2D eigenvalue weighted by atomic mass is 9.83. The van der Waals surface area contributed by atoms with Gasteiger partial charge in [0.1, 0.15) is 5.75 Å². The number of hydrogen-bond donors (Lipinski definition) is 2. The zero-order valence-corrected chi connectivity index (χ0v) is 21.5. The van der Waals surface area contributed by atoms with Gasteiger partial charge < -0.3 is 15.6 Å². The summed E-state index contributed by atoms with van der Waals surface area (Å²) in [6, 6.07) is 14.5. The Morgan fingerprint density at radius 1 is 1.10 bits per heavy atom. The number of fused-ring (bicyclic) bond motifs is 1. The molecule has 2 aromatic carbocycles. The molecule has 0 spiro atoms. The molecule has 2 heterocycles. The first-order valence-electron chi connectivity index (χ1n) is 10.8. The van der Waals surface area contributed by atoms with Crippen molar-refractivity contribution in [1.82, 2.24) is 4.90 Å². The van der Waals surface area contributed by atoms with E-state index in [0.717, 1.165) is 55.6 Å². The maximum Gasteiger partial charge on any atom is 0.122 e. The van der Waals surface area contributed by atoms with Crippen LogP contribution in [0.25, 0.3) is 6.08 Å². The van der Waals surface area contributed by atoms with E-state index >= 15 is 0 Å². The molecule has 31 heavy (non-hydrogen) atoms. The van der Waals surface area contributed by atoms with E-state index in [9.17, 15) is 5.11 Å². The van der Waals surface area contributed by atoms with E-state index in [2.05, 4.69) is 47.4 Å². The molecular weight excluding hydrogens is 520 g/mol. The fourth-order valence-electron chi connectivity index (χ4n) is 4.69. The highest BCUT2D eigenvalue weighted by Gasteiger charge is 2.35. The number of phenolic OH excluding ortho intramolecular Hbond substituents is 1. The molecule has 0 bridgehead atoms. The van der Waals surface area contributed by atoms with Gasteiger partial charge in [-0.15, -0.1) is 34.0 Å². The highest BCUT2D eigenvalue weighted by Crippen LogP contribution is 2.40. The largest absolute Gasteiger partial charge is 0.507 e. The molecule has 2 atom stereocenters. The lowest BCUT2D eigenvalue weighted by molar-refractivity contribution is -0.0641. The van der Waals surface area contributed by atoms with Gasteiger partial charge in [0.15, 0.2) is 0 Å². The molecule has 1 fully saturated rings. The zero-order chi connectivity index (χ0) is 20.2. The number of likely N-dealkylation sites (tertiary alicyclic amines) is 1. The van der Waals surface area contributed by atoms with Gasteiger partial charge in [0, 0.05) is 25.1 Å². The van der Waals surface area contributed by atoms with Crippen molar-refractivity contribution in [2.75, 3.05) is 26.2 Å². The van der Waals surface area contributed by atoms with Gasteiger partial charge in [-0.3, -0.25) is 4.90 Å². The van der Waals surface area contributed by atoms with Crippen LogP contribution in [0.4, 0.5) is 0 Å². The fraction of sp³-hybridized carbons (Fsp3) is 0.440. The predicted molar refractivity (Wildman–Crippen MR) is 139 cm³/mol. The second kappa shape index (κ2) is 12.2. The van der Waals surface area contributed by atoms with Crippen LogP contribution in [0.5, 0.6) is 5.75 Å². The molecule has 0 unspecified atom stereocenters. The Morgan fingerprint density at radius 3 is 2.48 bits per heavy atom. The smallest absolute Gasteiger partial charge is 0.122 e. The van der Waals surface area contributed by atoms with Crippen LogP contribution in [0.15, 0.2) is 48.5 Å². The third-order valence-corrected chi connectivity index (χ3v) is 6.46. The Labute approximate surface area is 207 Å². The lowest BCUT2D eigenvalue weighted by Gasteiger charge is -2.40. The summed E-state index contributed by atoms with van der Waals surface area (Å²) in [6.07, 6.45) is 7.54. The molecule has 6 heteroatoms. The average molecular weight is 554 g/mol. The van der Waals surface area contributed by atoms with Crippen LogP contribution in [0.3, 0.4) is 0 Å². The highest BCUT2D eigenvalue weighted by molar-refractivity contribution is 8.93. The van der Waals surface area contributed by atoms with Crippen molar-refractivity contribution < 1.29 is 9.84 Å². The molecule has 0 aromatic heterocycles. The standard InChI is InChI=1S/C25H32N2O2.2BrH/c1-18-9-10-21-22(25(18)28)16-23(29-24(21)17-26)20-11-14-27(15-12-20)13-5-8-19-6-3-2-4-7-19;;/h2-10,20,23-24,28H,11-17,26H2,1H3;2*1H/b8-5+;;/t23-,24-;;/m0../s1. The number of piperidine rings is 1. The number of phenols is 1. The number of aromatic hydroxyl groups is 1. The molecule has 0 aliphatic carbocycles. The van der Waals surface area contributed by atoms with Crippen molar-refractivity contribution >= 4 is 40.0 Å². The first kappa shape index (κ1) is 26.1. The van der Waals surface area contributed by atoms with Crippen molar-refractivity contribution in [2.45, 2.75) is 38.4 Å². The molecule has 4 nitrogen and oxygen atoms in total. The summed E-state index contributed by atoms with van der Waals surface area (Å²) >= 11 is 0. The van der Waals surface area contributed by atoms with Crippen molar-refractivity contribution in [3.05, 3.63) is 70.8 Å². The molecule has 2 aliphatic heterocycles. The van der Waals surface area contributed by atoms with Crippen LogP contribution in [0, 0.1) is 12.8 Å². The highest BCUT2D eigenvalue weighted by atomic mass is 79.9. The van der Waals surface area contributed by atoms with Gasteiger partial charge in [0.2, 0.25) is 0 Å². The van der Waals surface area contributed by atoms with Gasteiger partial charge in [-0.25, -0.2) is 0 Å². The van der Waals surface area contributed by atoms with Crippen molar-refractivity contribution in [1.29, 1.82) is 0 Å². The van der Waals surface area contributed by atoms with E-state index in [4.69, 9.17) is 10.5 Å². The Morgan fingerprint density at radius 2 is 1.81 bits per heavy atom.